The van der Waals surface area contributed by atoms with E-state index in [4.69, 9.17) is 14.8 Å². The Morgan fingerprint density at radius 3 is 2.79 bits per heavy atom. The summed E-state index contributed by atoms with van der Waals surface area (Å²) >= 11 is 2.29. The Morgan fingerprint density at radius 1 is 1.24 bits per heavy atom. The monoisotopic (exact) mass is 502 g/mol. The van der Waals surface area contributed by atoms with E-state index in [1.54, 1.807) is 0 Å². The van der Waals surface area contributed by atoms with Crippen LogP contribution >= 0.6 is 22.6 Å². The molecule has 0 unspecified atom stereocenters. The third kappa shape index (κ3) is 3.10. The van der Waals surface area contributed by atoms with Gasteiger partial charge < -0.3 is 9.64 Å². The lowest BCUT2D eigenvalue weighted by molar-refractivity contribution is -0.149. The van der Waals surface area contributed by atoms with Crippen LogP contribution in [0.4, 0.5) is 5.82 Å². The second-order valence-corrected chi connectivity index (χ2v) is 9.08. The van der Waals surface area contributed by atoms with E-state index in [1.807, 2.05) is 10.9 Å². The molecule has 1 saturated carbocycles. The number of benzene rings is 1. The van der Waals surface area contributed by atoms with Crippen molar-refractivity contribution in [3.8, 4) is 5.69 Å². The fourth-order valence-corrected chi connectivity index (χ4v) is 5.64. The number of rotatable bonds is 3. The highest BCUT2D eigenvalue weighted by molar-refractivity contribution is 14.1. The Bertz CT molecular complexity index is 1080. The van der Waals surface area contributed by atoms with E-state index < -0.39 is 0 Å². The third-order valence-electron chi connectivity index (χ3n) is 6.47. The number of pyridine rings is 1. The molecule has 3 aliphatic rings. The molecule has 150 valence electrons. The van der Waals surface area contributed by atoms with Crippen LogP contribution in [0.25, 0.3) is 16.6 Å². The van der Waals surface area contributed by atoms with Gasteiger partial charge in [0, 0.05) is 18.0 Å². The number of carbonyl (C=O) groups excluding carboxylic acids is 1. The largest absolute Gasteiger partial charge is 0.469 e. The number of anilines is 1. The fourth-order valence-electron chi connectivity index (χ4n) is 4.99. The molecule has 0 amide bonds. The fraction of sp³-hybridized carbons (Fsp3) is 0.409. The van der Waals surface area contributed by atoms with Crippen LogP contribution in [-0.2, 0) is 9.53 Å². The number of hydrogen-bond acceptors (Lipinski definition) is 5. The molecule has 2 saturated heterocycles. The van der Waals surface area contributed by atoms with Crippen molar-refractivity contribution in [2.45, 2.75) is 32.2 Å². The maximum Gasteiger partial charge on any atom is 0.309 e. The number of aryl methyl sites for hydroxylation is 1. The zero-order valence-corrected chi connectivity index (χ0v) is 18.7. The molecule has 1 aromatic carbocycles. The van der Waals surface area contributed by atoms with Crippen LogP contribution in [0.15, 0.2) is 36.5 Å². The second-order valence-electron chi connectivity index (χ2n) is 8.06. The van der Waals surface area contributed by atoms with Crippen molar-refractivity contribution in [3.63, 3.8) is 0 Å². The van der Waals surface area contributed by atoms with Crippen molar-refractivity contribution in [3.05, 3.63) is 45.8 Å². The minimum Gasteiger partial charge on any atom is -0.469 e. The molecule has 1 aliphatic carbocycles. The summed E-state index contributed by atoms with van der Waals surface area (Å²) < 4.78 is 7.99. The maximum atomic E-state index is 12.1. The highest BCUT2D eigenvalue weighted by atomic mass is 127. The summed E-state index contributed by atoms with van der Waals surface area (Å²) in [5.41, 5.74) is 3.29. The molecule has 29 heavy (non-hydrogen) atoms. The second kappa shape index (κ2) is 7.27. The maximum absolute atomic E-state index is 12.1. The summed E-state index contributed by atoms with van der Waals surface area (Å²) in [4.78, 5) is 19.2. The molecule has 0 N–H and O–H groups in total. The molecular weight excluding hydrogens is 479 g/mol. The van der Waals surface area contributed by atoms with Gasteiger partial charge in [0.25, 0.3) is 0 Å². The van der Waals surface area contributed by atoms with Crippen LogP contribution in [0.2, 0.25) is 0 Å². The molecule has 3 atom stereocenters. The minimum absolute atomic E-state index is 0.0368. The average Bonchev–Trinajstić information content (AvgIpc) is 3.11. The number of fused-ring (bicyclic) bond motifs is 4. The first-order valence-corrected chi connectivity index (χ1v) is 11.1. The average molecular weight is 502 g/mol. The number of halogens is 1. The van der Waals surface area contributed by atoms with Gasteiger partial charge in [0.1, 0.15) is 9.52 Å². The Morgan fingerprint density at radius 2 is 2.10 bits per heavy atom. The van der Waals surface area contributed by atoms with Gasteiger partial charge in [0.05, 0.1) is 30.4 Å². The molecule has 2 bridgehead atoms. The number of ether oxygens (including phenoxy) is 1. The lowest BCUT2D eigenvalue weighted by Gasteiger charge is -2.49. The van der Waals surface area contributed by atoms with Crippen LogP contribution in [-0.4, -0.2) is 40.4 Å². The Hall–Kier alpha value is -2.16. The predicted octanol–water partition coefficient (Wildman–Crippen LogP) is 4.11. The Kier molecular flexibility index (Phi) is 4.72. The van der Waals surface area contributed by atoms with E-state index in [9.17, 15) is 4.79 Å². The van der Waals surface area contributed by atoms with Crippen LogP contribution in [0, 0.1) is 22.5 Å². The number of methoxy groups -OCH3 is 1. The van der Waals surface area contributed by atoms with Gasteiger partial charge in [-0.05, 0) is 72.4 Å². The van der Waals surface area contributed by atoms with Crippen molar-refractivity contribution < 1.29 is 9.53 Å². The Balaban J connectivity index is 1.43. The first-order chi connectivity index (χ1) is 14.1. The van der Waals surface area contributed by atoms with E-state index in [0.29, 0.717) is 12.0 Å². The summed E-state index contributed by atoms with van der Waals surface area (Å²) in [5.74, 6) is 1.32. The van der Waals surface area contributed by atoms with Crippen molar-refractivity contribution in [1.29, 1.82) is 0 Å². The lowest BCUT2D eigenvalue weighted by Crippen LogP contribution is -2.54. The summed E-state index contributed by atoms with van der Waals surface area (Å²) in [5, 5.41) is 5.90. The molecule has 3 fully saturated rings. The van der Waals surface area contributed by atoms with E-state index in [2.05, 4.69) is 64.7 Å². The first-order valence-electron chi connectivity index (χ1n) is 10.0. The molecule has 7 heteroatoms. The summed E-state index contributed by atoms with van der Waals surface area (Å²) in [6.45, 7) is 2.99. The topological polar surface area (TPSA) is 60.2 Å². The molecule has 0 spiro atoms. The van der Waals surface area contributed by atoms with Crippen LogP contribution in [0.3, 0.4) is 0 Å². The van der Waals surface area contributed by atoms with E-state index in [-0.39, 0.29) is 11.9 Å². The quantitative estimate of drug-likeness (QED) is 0.399. The van der Waals surface area contributed by atoms with Gasteiger partial charge in [-0.25, -0.2) is 9.67 Å². The van der Waals surface area contributed by atoms with Gasteiger partial charge in [0.15, 0.2) is 0 Å². The SMILES string of the molecule is COC(=O)[C@H]1C[C@@H]2CC[C@H]1CN2c1ccc(-n2nc(I)c3cccc(C)c32)cn1. The smallest absolute Gasteiger partial charge is 0.309 e. The van der Waals surface area contributed by atoms with Crippen molar-refractivity contribution in [2.24, 2.45) is 11.8 Å². The zero-order chi connectivity index (χ0) is 20.1. The number of para-hydroxylation sites is 1. The highest BCUT2D eigenvalue weighted by Gasteiger charge is 2.44. The lowest BCUT2D eigenvalue weighted by atomic mass is 9.72. The molecule has 2 aliphatic heterocycles. The molecule has 6 nitrogen and oxygen atoms in total. The number of piperidine rings is 2. The van der Waals surface area contributed by atoms with Gasteiger partial charge >= 0.3 is 5.97 Å². The zero-order valence-electron chi connectivity index (χ0n) is 16.5. The summed E-state index contributed by atoms with van der Waals surface area (Å²) in [7, 11) is 1.49. The van der Waals surface area contributed by atoms with Gasteiger partial charge in [0.2, 0.25) is 0 Å². The standard InChI is InChI=1S/C22H23IN4O2/c1-13-4-3-5-17-20(13)27(25-21(17)23)16-8-9-19(24-11-16)26-12-14-6-7-15(26)10-18(14)22(28)29-2/h3-5,8-9,11,14-15,18H,6-7,10,12H2,1-2H3/t14-,15-,18-/m0/s1. The first kappa shape index (κ1) is 18.8. The number of esters is 1. The molecule has 6 rings (SSSR count). The van der Waals surface area contributed by atoms with Gasteiger partial charge in [-0.15, -0.1) is 0 Å². The van der Waals surface area contributed by atoms with Crippen molar-refractivity contribution in [2.75, 3.05) is 18.6 Å². The van der Waals surface area contributed by atoms with E-state index in [0.717, 1.165) is 51.9 Å². The Labute approximate surface area is 183 Å². The van der Waals surface area contributed by atoms with Gasteiger partial charge in [-0.2, -0.15) is 5.10 Å². The summed E-state index contributed by atoms with van der Waals surface area (Å²) in [6.07, 6.45) is 4.98. The number of aromatic nitrogens is 3. The van der Waals surface area contributed by atoms with E-state index in [1.165, 1.54) is 12.7 Å². The molecule has 2 aromatic heterocycles. The van der Waals surface area contributed by atoms with Gasteiger partial charge in [-0.3, -0.25) is 4.79 Å². The number of hydrogen-bond donors (Lipinski definition) is 0. The minimum atomic E-state index is -0.0572. The van der Waals surface area contributed by atoms with Crippen LogP contribution in [0.5, 0.6) is 0 Å². The molecule has 4 heterocycles. The predicted molar refractivity (Wildman–Crippen MR) is 120 cm³/mol. The molecular formula is C22H23IN4O2. The van der Waals surface area contributed by atoms with E-state index >= 15 is 0 Å². The van der Waals surface area contributed by atoms with Gasteiger partial charge in [-0.1, -0.05) is 18.2 Å². The number of nitrogens with zero attached hydrogens (tertiary/aromatic N) is 4. The normalized spacial score (nSPS) is 23.6. The highest BCUT2D eigenvalue weighted by Crippen LogP contribution is 2.41. The number of carbonyl (C=O) groups is 1. The van der Waals surface area contributed by atoms with Crippen molar-refractivity contribution >= 4 is 45.3 Å². The molecule has 3 aromatic rings. The third-order valence-corrected chi connectivity index (χ3v) is 7.27. The summed E-state index contributed by atoms with van der Waals surface area (Å²) in [6, 6.07) is 10.8. The van der Waals surface area contributed by atoms with Crippen LogP contribution in [0.1, 0.15) is 24.8 Å². The van der Waals surface area contributed by atoms with Crippen LogP contribution < -0.4 is 4.90 Å². The van der Waals surface area contributed by atoms with Crippen molar-refractivity contribution in [1.82, 2.24) is 14.8 Å². The molecule has 0 radical (unpaired) electrons.